The third-order valence-electron chi connectivity index (χ3n) is 5.58. The molecule has 190 valence electrons. The first kappa shape index (κ1) is 27.4. The van der Waals surface area contributed by atoms with Crippen molar-refractivity contribution in [3.8, 4) is 11.5 Å². The number of ether oxygens (including phenoxy) is 2. The fourth-order valence-electron chi connectivity index (χ4n) is 3.75. The van der Waals surface area contributed by atoms with E-state index in [1.807, 2.05) is 45.0 Å². The fraction of sp³-hybridized carbons (Fsp3) is 0.250. The number of aryl methyl sites for hydroxylation is 1. The molecule has 0 heterocycles. The lowest BCUT2D eigenvalue weighted by atomic mass is 10.00. The summed E-state index contributed by atoms with van der Waals surface area (Å²) in [6.45, 7) is 6.36. The minimum absolute atomic E-state index is 0.0343. The van der Waals surface area contributed by atoms with Gasteiger partial charge in [-0.05, 0) is 66.1 Å². The maximum absolute atomic E-state index is 11.2. The van der Waals surface area contributed by atoms with Gasteiger partial charge in [0.2, 0.25) is 0 Å². The lowest BCUT2D eigenvalue weighted by Gasteiger charge is -2.19. The van der Waals surface area contributed by atoms with Crippen molar-refractivity contribution >= 4 is 29.2 Å². The summed E-state index contributed by atoms with van der Waals surface area (Å²) in [5.74, 6) is 6.60. The maximum atomic E-state index is 11.2. The molecule has 3 N–H and O–H groups in total. The molecule has 0 saturated heterocycles. The Kier molecular flexibility index (Phi) is 9.65. The van der Waals surface area contributed by atoms with E-state index in [0.717, 1.165) is 22.3 Å². The first-order valence-corrected chi connectivity index (χ1v) is 12.1. The van der Waals surface area contributed by atoms with Gasteiger partial charge in [0.05, 0.1) is 5.56 Å². The fourth-order valence-corrected chi connectivity index (χ4v) is 4.28. The third-order valence-corrected chi connectivity index (χ3v) is 6.29. The normalized spacial score (nSPS) is 11.8. The molecule has 3 rings (SSSR count). The van der Waals surface area contributed by atoms with Crippen molar-refractivity contribution in [2.75, 3.05) is 6.61 Å². The molecule has 3 aromatic carbocycles. The Morgan fingerprint density at radius 2 is 1.69 bits per heavy atom. The van der Waals surface area contributed by atoms with Crippen LogP contribution in [0.4, 0.5) is 0 Å². The van der Waals surface area contributed by atoms with Crippen LogP contribution in [-0.4, -0.2) is 17.7 Å². The first-order chi connectivity index (χ1) is 17.2. The number of carbonyl (C=O) groups is 1. The Bertz CT molecular complexity index is 1240. The summed E-state index contributed by atoms with van der Waals surface area (Å²) in [7, 11) is 0. The van der Waals surface area contributed by atoms with E-state index in [2.05, 4.69) is 0 Å². The van der Waals surface area contributed by atoms with E-state index in [9.17, 15) is 4.79 Å². The SMILES string of the molecule is Cc1cc(OC/C(Cc2c(Cl)cccc2Cl)=C(/ON)C(C)C)ccc1OCc1cccc(C(=O)O)c1. The van der Waals surface area contributed by atoms with Crippen molar-refractivity contribution in [2.24, 2.45) is 11.8 Å². The van der Waals surface area contributed by atoms with Crippen LogP contribution in [-0.2, 0) is 17.9 Å². The largest absolute Gasteiger partial charge is 0.489 e. The molecule has 0 fully saturated rings. The van der Waals surface area contributed by atoms with Gasteiger partial charge in [-0.25, -0.2) is 4.79 Å². The number of benzene rings is 3. The zero-order valence-corrected chi connectivity index (χ0v) is 21.9. The number of nitrogens with two attached hydrogens (primary N) is 1. The van der Waals surface area contributed by atoms with E-state index in [0.29, 0.717) is 33.7 Å². The van der Waals surface area contributed by atoms with Gasteiger partial charge in [-0.15, -0.1) is 0 Å². The molecule has 3 aromatic rings. The van der Waals surface area contributed by atoms with E-state index < -0.39 is 5.97 Å². The minimum Gasteiger partial charge on any atom is -0.489 e. The smallest absolute Gasteiger partial charge is 0.335 e. The Morgan fingerprint density at radius 3 is 2.31 bits per heavy atom. The summed E-state index contributed by atoms with van der Waals surface area (Å²) in [6, 6.07) is 17.6. The van der Waals surface area contributed by atoms with Gasteiger partial charge in [-0.3, -0.25) is 0 Å². The lowest BCUT2D eigenvalue weighted by Crippen LogP contribution is -2.15. The van der Waals surface area contributed by atoms with Crippen LogP contribution >= 0.6 is 23.2 Å². The van der Waals surface area contributed by atoms with Gasteiger partial charge in [-0.2, -0.15) is 5.90 Å². The molecule has 0 amide bonds. The Morgan fingerprint density at radius 1 is 1.00 bits per heavy atom. The van der Waals surface area contributed by atoms with Crippen LogP contribution in [0.25, 0.3) is 0 Å². The van der Waals surface area contributed by atoms with E-state index >= 15 is 0 Å². The van der Waals surface area contributed by atoms with Crippen LogP contribution in [0.3, 0.4) is 0 Å². The van der Waals surface area contributed by atoms with Crippen LogP contribution in [0, 0.1) is 12.8 Å². The molecular weight excluding hydrogens is 501 g/mol. The second kappa shape index (κ2) is 12.7. The molecule has 0 aliphatic carbocycles. The average molecular weight is 530 g/mol. The number of hydrogen-bond donors (Lipinski definition) is 2. The zero-order valence-electron chi connectivity index (χ0n) is 20.4. The summed E-state index contributed by atoms with van der Waals surface area (Å²) in [6.07, 6.45) is 0.429. The number of carboxylic acid groups (broad SMARTS) is 1. The molecule has 36 heavy (non-hydrogen) atoms. The van der Waals surface area contributed by atoms with Crippen LogP contribution in [0.5, 0.6) is 11.5 Å². The standard InChI is InChI=1S/C28H29Cl2NO5/c1-17(2)27(36-31)21(14-23-24(29)8-5-9-25(23)30)16-34-22-10-11-26(18(3)12-22)35-15-19-6-4-7-20(13-19)28(32)33/h4-13,17H,14-16,31H2,1-3H3,(H,32,33)/b27-21+. The zero-order chi connectivity index (χ0) is 26.2. The van der Waals surface area contributed by atoms with E-state index in [1.54, 1.807) is 36.4 Å². The highest BCUT2D eigenvalue weighted by Gasteiger charge is 2.17. The predicted molar refractivity (Wildman–Crippen MR) is 142 cm³/mol. The van der Waals surface area contributed by atoms with Gasteiger partial charge in [0.1, 0.15) is 30.5 Å². The van der Waals surface area contributed by atoms with Gasteiger partial charge >= 0.3 is 5.97 Å². The van der Waals surface area contributed by atoms with Crippen molar-refractivity contribution in [3.05, 3.63) is 104 Å². The highest BCUT2D eigenvalue weighted by Crippen LogP contribution is 2.30. The summed E-state index contributed by atoms with van der Waals surface area (Å²) >= 11 is 12.8. The first-order valence-electron chi connectivity index (χ1n) is 11.4. The Labute approximate surface area is 221 Å². The number of rotatable bonds is 11. The summed E-state index contributed by atoms with van der Waals surface area (Å²) in [5, 5.41) is 10.3. The molecule has 0 aliphatic heterocycles. The van der Waals surface area contributed by atoms with Crippen LogP contribution in [0.1, 0.15) is 40.9 Å². The number of hydrogen-bond acceptors (Lipinski definition) is 5. The monoisotopic (exact) mass is 529 g/mol. The van der Waals surface area contributed by atoms with E-state index in [4.69, 9.17) is 48.5 Å². The third kappa shape index (κ3) is 7.17. The van der Waals surface area contributed by atoms with Gasteiger partial charge in [0.25, 0.3) is 0 Å². The van der Waals surface area contributed by atoms with Gasteiger partial charge in [0, 0.05) is 28.0 Å². The van der Waals surface area contributed by atoms with Gasteiger partial charge in [-0.1, -0.05) is 55.2 Å². The summed E-state index contributed by atoms with van der Waals surface area (Å²) < 4.78 is 12.0. The van der Waals surface area contributed by atoms with Crippen molar-refractivity contribution in [2.45, 2.75) is 33.8 Å². The molecule has 0 radical (unpaired) electrons. The molecular formula is C28H29Cl2NO5. The van der Waals surface area contributed by atoms with Crippen LogP contribution < -0.4 is 15.4 Å². The molecule has 0 unspecified atom stereocenters. The van der Waals surface area contributed by atoms with Gasteiger partial charge < -0.3 is 19.4 Å². The molecule has 6 nitrogen and oxygen atoms in total. The Hall–Kier alpha value is -3.19. The summed E-state index contributed by atoms with van der Waals surface area (Å²) in [5.41, 5.74) is 3.48. The van der Waals surface area contributed by atoms with Gasteiger partial charge in [0.15, 0.2) is 0 Å². The number of carboxylic acids is 1. The molecule has 8 heteroatoms. The lowest BCUT2D eigenvalue weighted by molar-refractivity contribution is 0.0696. The highest BCUT2D eigenvalue weighted by atomic mass is 35.5. The second-order valence-corrected chi connectivity index (χ2v) is 9.44. The quantitative estimate of drug-likeness (QED) is 0.205. The highest BCUT2D eigenvalue weighted by molar-refractivity contribution is 6.36. The second-order valence-electron chi connectivity index (χ2n) is 8.63. The van der Waals surface area contributed by atoms with Crippen molar-refractivity contribution in [1.29, 1.82) is 0 Å². The van der Waals surface area contributed by atoms with Crippen molar-refractivity contribution in [3.63, 3.8) is 0 Å². The molecule has 0 spiro atoms. The van der Waals surface area contributed by atoms with Crippen LogP contribution in [0.15, 0.2) is 72.0 Å². The van der Waals surface area contributed by atoms with Crippen LogP contribution in [0.2, 0.25) is 10.0 Å². The number of halogens is 2. The van der Waals surface area contributed by atoms with E-state index in [1.165, 1.54) is 0 Å². The average Bonchev–Trinajstić information content (AvgIpc) is 2.84. The summed E-state index contributed by atoms with van der Waals surface area (Å²) in [4.78, 5) is 16.4. The maximum Gasteiger partial charge on any atom is 0.335 e. The minimum atomic E-state index is -0.972. The molecule has 0 bridgehead atoms. The van der Waals surface area contributed by atoms with E-state index in [-0.39, 0.29) is 24.7 Å². The number of allylic oxidation sites excluding steroid dienone is 1. The Balaban J connectivity index is 1.73. The molecule has 0 saturated carbocycles. The molecule has 0 aliphatic rings. The topological polar surface area (TPSA) is 91.0 Å². The predicted octanol–water partition coefficient (Wildman–Crippen LogP) is 7.00. The number of aromatic carboxylic acids is 1. The molecule has 0 aromatic heterocycles. The molecule has 0 atom stereocenters. The van der Waals surface area contributed by atoms with Crippen molar-refractivity contribution in [1.82, 2.24) is 0 Å². The van der Waals surface area contributed by atoms with Crippen molar-refractivity contribution < 1.29 is 24.2 Å².